The first-order chi connectivity index (χ1) is 15.5. The monoisotopic (exact) mass is 429 g/mol. The van der Waals surface area contributed by atoms with E-state index in [-0.39, 0.29) is 31.0 Å². The topological polar surface area (TPSA) is 83.5 Å². The molecule has 3 aromatic rings. The SMILES string of the molecule is O=C(Cc1ccccc1)N[C@@H](Cc1ccccc1)C(=O)C[C@@H](Cc1ccccc1)C(=O)O. The number of benzene rings is 3. The van der Waals surface area contributed by atoms with Gasteiger partial charge in [-0.3, -0.25) is 14.4 Å². The van der Waals surface area contributed by atoms with Gasteiger partial charge in [0.2, 0.25) is 5.91 Å². The van der Waals surface area contributed by atoms with Gasteiger partial charge in [-0.25, -0.2) is 0 Å². The van der Waals surface area contributed by atoms with Gasteiger partial charge in [-0.1, -0.05) is 91.0 Å². The van der Waals surface area contributed by atoms with E-state index >= 15 is 0 Å². The molecule has 0 aliphatic heterocycles. The van der Waals surface area contributed by atoms with Crippen molar-refractivity contribution in [3.8, 4) is 0 Å². The second kappa shape index (κ2) is 11.6. The molecule has 0 saturated heterocycles. The number of ketones is 1. The van der Waals surface area contributed by atoms with Crippen LogP contribution in [0.2, 0.25) is 0 Å². The highest BCUT2D eigenvalue weighted by Gasteiger charge is 2.28. The van der Waals surface area contributed by atoms with Crippen molar-refractivity contribution in [1.82, 2.24) is 5.32 Å². The van der Waals surface area contributed by atoms with E-state index in [2.05, 4.69) is 5.32 Å². The van der Waals surface area contributed by atoms with Crippen LogP contribution < -0.4 is 5.32 Å². The summed E-state index contributed by atoms with van der Waals surface area (Å²) in [6, 6.07) is 27.2. The van der Waals surface area contributed by atoms with Crippen LogP contribution in [0.1, 0.15) is 23.1 Å². The third kappa shape index (κ3) is 7.20. The molecule has 0 bridgehead atoms. The smallest absolute Gasteiger partial charge is 0.307 e. The van der Waals surface area contributed by atoms with Crippen LogP contribution in [0.25, 0.3) is 0 Å². The zero-order valence-electron chi connectivity index (χ0n) is 17.8. The maximum atomic E-state index is 13.2. The zero-order valence-corrected chi connectivity index (χ0v) is 17.8. The first-order valence-corrected chi connectivity index (χ1v) is 10.7. The van der Waals surface area contributed by atoms with E-state index in [0.717, 1.165) is 16.7 Å². The molecule has 0 fully saturated rings. The molecule has 3 aromatic carbocycles. The van der Waals surface area contributed by atoms with Crippen LogP contribution in [0.4, 0.5) is 0 Å². The van der Waals surface area contributed by atoms with Crippen LogP contribution in [0.5, 0.6) is 0 Å². The summed E-state index contributed by atoms with van der Waals surface area (Å²) in [6.45, 7) is 0. The molecule has 5 nitrogen and oxygen atoms in total. The summed E-state index contributed by atoms with van der Waals surface area (Å²) in [5.41, 5.74) is 2.62. The molecule has 0 aliphatic carbocycles. The minimum absolute atomic E-state index is 0.145. The molecule has 0 saturated carbocycles. The summed E-state index contributed by atoms with van der Waals surface area (Å²) in [5.74, 6) is -2.41. The number of hydrogen-bond acceptors (Lipinski definition) is 3. The van der Waals surface area contributed by atoms with Gasteiger partial charge < -0.3 is 10.4 Å². The Morgan fingerprint density at radius 3 is 1.66 bits per heavy atom. The highest BCUT2D eigenvalue weighted by molar-refractivity contribution is 5.92. The molecule has 1 amide bonds. The van der Waals surface area contributed by atoms with Gasteiger partial charge in [-0.15, -0.1) is 0 Å². The Bertz CT molecular complexity index is 1020. The number of hydrogen-bond donors (Lipinski definition) is 2. The third-order valence-corrected chi connectivity index (χ3v) is 5.34. The molecule has 2 N–H and O–H groups in total. The number of rotatable bonds is 11. The second-order valence-corrected chi connectivity index (χ2v) is 7.87. The quantitative estimate of drug-likeness (QED) is 0.485. The Morgan fingerprint density at radius 1 is 0.688 bits per heavy atom. The maximum Gasteiger partial charge on any atom is 0.307 e. The Morgan fingerprint density at radius 2 is 1.16 bits per heavy atom. The van der Waals surface area contributed by atoms with Gasteiger partial charge >= 0.3 is 5.97 Å². The number of amides is 1. The normalized spacial score (nSPS) is 12.5. The molecule has 5 heteroatoms. The number of nitrogens with one attached hydrogen (secondary N) is 1. The summed E-state index contributed by atoms with van der Waals surface area (Å²) >= 11 is 0. The predicted molar refractivity (Wildman–Crippen MR) is 123 cm³/mol. The molecule has 32 heavy (non-hydrogen) atoms. The summed E-state index contributed by atoms with van der Waals surface area (Å²) in [7, 11) is 0. The molecule has 0 radical (unpaired) electrons. The Kier molecular flexibility index (Phi) is 8.32. The van der Waals surface area contributed by atoms with Crippen LogP contribution in [-0.2, 0) is 33.6 Å². The third-order valence-electron chi connectivity index (χ3n) is 5.34. The number of carbonyl (C=O) groups is 3. The molecule has 0 aromatic heterocycles. The lowest BCUT2D eigenvalue weighted by Gasteiger charge is -2.20. The summed E-state index contributed by atoms with van der Waals surface area (Å²) in [4.78, 5) is 37.7. The molecule has 3 rings (SSSR count). The van der Waals surface area contributed by atoms with Crippen molar-refractivity contribution in [2.24, 2.45) is 5.92 Å². The van der Waals surface area contributed by atoms with Crippen molar-refractivity contribution in [3.05, 3.63) is 108 Å². The van der Waals surface area contributed by atoms with Crippen LogP contribution >= 0.6 is 0 Å². The lowest BCUT2D eigenvalue weighted by molar-refractivity contribution is -0.144. The van der Waals surface area contributed by atoms with Gasteiger partial charge in [-0.05, 0) is 29.5 Å². The molecular weight excluding hydrogens is 402 g/mol. The van der Waals surface area contributed by atoms with E-state index in [4.69, 9.17) is 0 Å². The standard InChI is InChI=1S/C27H27NO4/c29-25(19-23(27(31)32)16-20-10-4-1-5-11-20)24(17-21-12-6-2-7-13-21)28-26(30)18-22-14-8-3-9-15-22/h1-15,23-24H,16-19H2,(H,28,30)(H,31,32)/t23-,24+/m1/s1. The number of aliphatic carboxylic acids is 1. The molecule has 0 aliphatic rings. The lowest BCUT2D eigenvalue weighted by Crippen LogP contribution is -2.44. The van der Waals surface area contributed by atoms with Gasteiger partial charge in [-0.2, -0.15) is 0 Å². The van der Waals surface area contributed by atoms with Crippen molar-refractivity contribution >= 4 is 17.7 Å². The first-order valence-electron chi connectivity index (χ1n) is 10.7. The highest BCUT2D eigenvalue weighted by Crippen LogP contribution is 2.16. The maximum absolute atomic E-state index is 13.2. The largest absolute Gasteiger partial charge is 0.481 e. The van der Waals surface area contributed by atoms with Gasteiger partial charge in [0.25, 0.3) is 0 Å². The van der Waals surface area contributed by atoms with Crippen molar-refractivity contribution in [2.45, 2.75) is 31.7 Å². The number of carboxylic acid groups (broad SMARTS) is 1. The fraction of sp³-hybridized carbons (Fsp3) is 0.222. The molecule has 2 atom stereocenters. The lowest BCUT2D eigenvalue weighted by atomic mass is 9.90. The van der Waals surface area contributed by atoms with Crippen LogP contribution in [0, 0.1) is 5.92 Å². The Hall–Kier alpha value is -3.73. The van der Waals surface area contributed by atoms with Crippen LogP contribution in [0.15, 0.2) is 91.0 Å². The highest BCUT2D eigenvalue weighted by atomic mass is 16.4. The molecule has 0 heterocycles. The molecule has 0 unspecified atom stereocenters. The zero-order chi connectivity index (χ0) is 22.8. The average molecular weight is 430 g/mol. The minimum atomic E-state index is -1.02. The van der Waals surface area contributed by atoms with E-state index < -0.39 is 17.9 Å². The van der Waals surface area contributed by atoms with E-state index in [1.807, 2.05) is 91.0 Å². The van der Waals surface area contributed by atoms with Crippen LogP contribution in [0.3, 0.4) is 0 Å². The van der Waals surface area contributed by atoms with E-state index in [0.29, 0.717) is 6.42 Å². The summed E-state index contributed by atoms with van der Waals surface area (Å²) in [6.07, 6.45) is 0.592. The number of Topliss-reactive ketones (excluding diaryl/α,β-unsaturated/α-hetero) is 1. The summed E-state index contributed by atoms with van der Waals surface area (Å²) in [5, 5.41) is 12.5. The van der Waals surface area contributed by atoms with Crippen LogP contribution in [-0.4, -0.2) is 28.8 Å². The number of carbonyl (C=O) groups excluding carboxylic acids is 2. The van der Waals surface area contributed by atoms with Gasteiger partial charge in [0, 0.05) is 6.42 Å². The average Bonchev–Trinajstić information content (AvgIpc) is 2.80. The van der Waals surface area contributed by atoms with Crippen molar-refractivity contribution in [1.29, 1.82) is 0 Å². The van der Waals surface area contributed by atoms with E-state index in [1.54, 1.807) is 0 Å². The fourth-order valence-electron chi connectivity index (χ4n) is 3.65. The Labute approximate surface area is 188 Å². The van der Waals surface area contributed by atoms with Gasteiger partial charge in [0.15, 0.2) is 5.78 Å². The van der Waals surface area contributed by atoms with Crippen molar-refractivity contribution in [2.75, 3.05) is 0 Å². The molecule has 164 valence electrons. The fourth-order valence-corrected chi connectivity index (χ4v) is 3.65. The molecular formula is C27H27NO4. The number of carboxylic acids is 1. The summed E-state index contributed by atoms with van der Waals surface area (Å²) < 4.78 is 0. The minimum Gasteiger partial charge on any atom is -0.481 e. The molecule has 0 spiro atoms. The first kappa shape index (κ1) is 22.9. The van der Waals surface area contributed by atoms with Crippen molar-refractivity contribution < 1.29 is 19.5 Å². The second-order valence-electron chi connectivity index (χ2n) is 7.87. The van der Waals surface area contributed by atoms with Crippen molar-refractivity contribution in [3.63, 3.8) is 0 Å². The predicted octanol–water partition coefficient (Wildman–Crippen LogP) is 3.86. The van der Waals surface area contributed by atoms with Gasteiger partial charge in [0.1, 0.15) is 0 Å². The Balaban J connectivity index is 1.72. The van der Waals surface area contributed by atoms with Gasteiger partial charge in [0.05, 0.1) is 18.4 Å². The van der Waals surface area contributed by atoms with E-state index in [9.17, 15) is 19.5 Å². The van der Waals surface area contributed by atoms with E-state index in [1.165, 1.54) is 0 Å².